The summed E-state index contributed by atoms with van der Waals surface area (Å²) < 4.78 is 5.51. The average molecular weight is 453 g/mol. The van der Waals surface area contributed by atoms with Crippen LogP contribution in [-0.2, 0) is 4.74 Å². The molecule has 1 aliphatic rings. The van der Waals surface area contributed by atoms with Crippen LogP contribution in [0.25, 0.3) is 22.4 Å². The summed E-state index contributed by atoms with van der Waals surface area (Å²) >= 11 is 1.14. The molecule has 0 saturated heterocycles. The molecule has 0 unspecified atom stereocenters. The van der Waals surface area contributed by atoms with Gasteiger partial charge < -0.3 is 15.0 Å². The van der Waals surface area contributed by atoms with E-state index in [1.165, 1.54) is 22.3 Å². The Morgan fingerprint density at radius 2 is 1.64 bits per heavy atom. The SMILES string of the molecule is O=C(NCC#Cc1ccc(-c2csc(=O)[nH]2)cc1)OCC1c2ccccc2-c2ccccc21. The number of H-pyrrole nitrogens is 1. The van der Waals surface area contributed by atoms with Crippen molar-refractivity contribution < 1.29 is 9.53 Å². The Morgan fingerprint density at radius 3 is 2.27 bits per heavy atom. The first-order valence-electron chi connectivity index (χ1n) is 10.5. The van der Waals surface area contributed by atoms with Gasteiger partial charge in [-0.15, -0.1) is 0 Å². The third kappa shape index (κ3) is 4.45. The Labute approximate surface area is 195 Å². The Balaban J connectivity index is 1.15. The minimum Gasteiger partial charge on any atom is -0.449 e. The zero-order valence-electron chi connectivity index (χ0n) is 17.6. The number of carbonyl (C=O) groups excluding carboxylic acids is 1. The van der Waals surface area contributed by atoms with Crippen LogP contribution in [0.15, 0.2) is 83.0 Å². The summed E-state index contributed by atoms with van der Waals surface area (Å²) in [5.41, 5.74) is 7.30. The molecular formula is C27H20N2O3S. The van der Waals surface area contributed by atoms with Gasteiger partial charge in [0.15, 0.2) is 0 Å². The van der Waals surface area contributed by atoms with Gasteiger partial charge in [0.2, 0.25) is 0 Å². The molecule has 0 atom stereocenters. The molecule has 0 fully saturated rings. The zero-order chi connectivity index (χ0) is 22.6. The van der Waals surface area contributed by atoms with Crippen molar-refractivity contribution in [3.05, 3.63) is 105 Å². The highest BCUT2D eigenvalue weighted by Crippen LogP contribution is 2.44. The quantitative estimate of drug-likeness (QED) is 0.429. The van der Waals surface area contributed by atoms with Crippen molar-refractivity contribution in [3.8, 4) is 34.2 Å². The van der Waals surface area contributed by atoms with Crippen LogP contribution in [0.5, 0.6) is 0 Å². The van der Waals surface area contributed by atoms with Gasteiger partial charge in [-0.05, 0) is 39.9 Å². The summed E-state index contributed by atoms with van der Waals surface area (Å²) in [6, 6.07) is 24.0. The minimum absolute atomic E-state index is 0.0333. The highest BCUT2D eigenvalue weighted by molar-refractivity contribution is 7.07. The fourth-order valence-electron chi connectivity index (χ4n) is 4.07. The van der Waals surface area contributed by atoms with Crippen LogP contribution in [0.1, 0.15) is 22.6 Å². The van der Waals surface area contributed by atoms with E-state index >= 15 is 0 Å². The molecule has 1 aromatic heterocycles. The van der Waals surface area contributed by atoms with Gasteiger partial charge in [0.1, 0.15) is 6.61 Å². The predicted octanol–water partition coefficient (Wildman–Crippen LogP) is 4.99. The van der Waals surface area contributed by atoms with Crippen molar-refractivity contribution in [1.82, 2.24) is 10.3 Å². The second-order valence-electron chi connectivity index (χ2n) is 7.62. The molecule has 0 saturated carbocycles. The van der Waals surface area contributed by atoms with Crippen LogP contribution in [0.3, 0.4) is 0 Å². The van der Waals surface area contributed by atoms with Crippen molar-refractivity contribution >= 4 is 17.4 Å². The Hall–Kier alpha value is -4.08. The monoisotopic (exact) mass is 452 g/mol. The van der Waals surface area contributed by atoms with Gasteiger partial charge in [0.05, 0.1) is 12.2 Å². The maximum atomic E-state index is 12.2. The summed E-state index contributed by atoms with van der Waals surface area (Å²) in [4.78, 5) is 26.2. The normalized spacial score (nSPS) is 11.8. The number of thiazole rings is 1. The second-order valence-corrected chi connectivity index (χ2v) is 8.46. The predicted molar refractivity (Wildman–Crippen MR) is 130 cm³/mol. The molecule has 0 radical (unpaired) electrons. The highest BCUT2D eigenvalue weighted by Gasteiger charge is 2.28. The smallest absolute Gasteiger partial charge is 0.407 e. The molecule has 162 valence electrons. The van der Waals surface area contributed by atoms with Crippen LogP contribution in [0, 0.1) is 11.8 Å². The zero-order valence-corrected chi connectivity index (χ0v) is 18.4. The van der Waals surface area contributed by atoms with Crippen molar-refractivity contribution in [2.24, 2.45) is 0 Å². The first kappa shape index (κ1) is 20.8. The van der Waals surface area contributed by atoms with Gasteiger partial charge in [-0.25, -0.2) is 4.79 Å². The first-order chi connectivity index (χ1) is 16.2. The number of carbonyl (C=O) groups is 1. The number of aromatic amines is 1. The van der Waals surface area contributed by atoms with E-state index in [4.69, 9.17) is 4.74 Å². The number of ether oxygens (including phenoxy) is 1. The van der Waals surface area contributed by atoms with Crippen LogP contribution in [0.2, 0.25) is 0 Å². The minimum atomic E-state index is -0.483. The van der Waals surface area contributed by atoms with E-state index in [0.29, 0.717) is 0 Å². The fourth-order valence-corrected chi connectivity index (χ4v) is 4.66. The molecule has 5 nitrogen and oxygen atoms in total. The molecular weight excluding hydrogens is 432 g/mol. The summed E-state index contributed by atoms with van der Waals surface area (Å²) in [5.74, 6) is 5.99. The summed E-state index contributed by atoms with van der Waals surface area (Å²) in [5, 5.41) is 4.48. The van der Waals surface area contributed by atoms with Gasteiger partial charge in [-0.1, -0.05) is 83.8 Å². The number of hydrogen-bond acceptors (Lipinski definition) is 4. The maximum absolute atomic E-state index is 12.2. The number of benzene rings is 3. The second kappa shape index (κ2) is 9.19. The fraction of sp³-hybridized carbons (Fsp3) is 0.111. The Morgan fingerprint density at radius 1 is 0.970 bits per heavy atom. The molecule has 1 amide bonds. The van der Waals surface area contributed by atoms with Gasteiger partial charge in [0, 0.05) is 16.9 Å². The third-order valence-corrected chi connectivity index (χ3v) is 6.28. The molecule has 3 aromatic carbocycles. The lowest BCUT2D eigenvalue weighted by Crippen LogP contribution is -2.26. The van der Waals surface area contributed by atoms with E-state index in [1.54, 1.807) is 5.38 Å². The molecule has 1 heterocycles. The lowest BCUT2D eigenvalue weighted by atomic mass is 9.98. The molecule has 5 rings (SSSR count). The van der Waals surface area contributed by atoms with Crippen LogP contribution < -0.4 is 10.2 Å². The van der Waals surface area contributed by atoms with E-state index in [2.05, 4.69) is 46.4 Å². The number of aromatic nitrogens is 1. The number of nitrogens with one attached hydrogen (secondary N) is 2. The highest BCUT2D eigenvalue weighted by atomic mass is 32.1. The van der Waals surface area contributed by atoms with Gasteiger partial charge in [-0.3, -0.25) is 4.79 Å². The molecule has 0 bridgehead atoms. The Kier molecular flexibility index (Phi) is 5.79. The number of amides is 1. The molecule has 6 heteroatoms. The summed E-state index contributed by atoms with van der Waals surface area (Å²) in [6.07, 6.45) is -0.483. The van der Waals surface area contributed by atoms with E-state index in [0.717, 1.165) is 28.2 Å². The van der Waals surface area contributed by atoms with Crippen molar-refractivity contribution in [2.75, 3.05) is 13.2 Å². The Bertz CT molecular complexity index is 1380. The maximum Gasteiger partial charge on any atom is 0.407 e. The topological polar surface area (TPSA) is 71.2 Å². The summed E-state index contributed by atoms with van der Waals surface area (Å²) in [7, 11) is 0. The van der Waals surface area contributed by atoms with Gasteiger partial charge >= 0.3 is 11.0 Å². The average Bonchev–Trinajstić information content (AvgIpc) is 3.42. The molecule has 33 heavy (non-hydrogen) atoms. The van der Waals surface area contributed by atoms with Crippen molar-refractivity contribution in [3.63, 3.8) is 0 Å². The number of alkyl carbamates (subject to hydrolysis) is 1. The van der Waals surface area contributed by atoms with Gasteiger partial charge in [0.25, 0.3) is 0 Å². The first-order valence-corrected chi connectivity index (χ1v) is 11.4. The number of fused-ring (bicyclic) bond motifs is 3. The summed E-state index contributed by atoms with van der Waals surface area (Å²) in [6.45, 7) is 0.468. The van der Waals surface area contributed by atoms with E-state index in [-0.39, 0.29) is 23.9 Å². The van der Waals surface area contributed by atoms with Crippen molar-refractivity contribution in [1.29, 1.82) is 0 Å². The molecule has 0 spiro atoms. The number of hydrogen-bond donors (Lipinski definition) is 2. The third-order valence-electron chi connectivity index (χ3n) is 5.61. The largest absolute Gasteiger partial charge is 0.449 e. The van der Waals surface area contributed by atoms with Crippen LogP contribution >= 0.6 is 11.3 Å². The lowest BCUT2D eigenvalue weighted by molar-refractivity contribution is 0.144. The molecule has 4 aromatic rings. The molecule has 2 N–H and O–H groups in total. The van der Waals surface area contributed by atoms with Crippen molar-refractivity contribution in [2.45, 2.75) is 5.92 Å². The molecule has 1 aliphatic carbocycles. The van der Waals surface area contributed by atoms with E-state index in [9.17, 15) is 9.59 Å². The standard InChI is InChI=1S/C27H20N2O3S/c30-26(28-15-5-6-18-11-13-19(14-12-18)25-17-33-27(31)29-25)32-16-24-22-9-3-1-7-20(22)21-8-2-4-10-23(21)24/h1-4,7-14,17,24H,15-16H2,(H,28,30)(H,29,31). The lowest BCUT2D eigenvalue weighted by Gasteiger charge is -2.14. The number of rotatable bonds is 4. The van der Waals surface area contributed by atoms with E-state index in [1.807, 2.05) is 48.5 Å². The van der Waals surface area contributed by atoms with Crippen LogP contribution in [0.4, 0.5) is 4.79 Å². The molecule has 0 aliphatic heterocycles. The van der Waals surface area contributed by atoms with Crippen LogP contribution in [-0.4, -0.2) is 24.2 Å². The van der Waals surface area contributed by atoms with E-state index < -0.39 is 6.09 Å². The van der Waals surface area contributed by atoms with Gasteiger partial charge in [-0.2, -0.15) is 0 Å².